The molecular weight excluding hydrogens is 456 g/mol. The highest BCUT2D eigenvalue weighted by molar-refractivity contribution is 6.30. The third-order valence-electron chi connectivity index (χ3n) is 6.18. The van der Waals surface area contributed by atoms with Crippen molar-refractivity contribution >= 4 is 35.2 Å². The highest BCUT2D eigenvalue weighted by Gasteiger charge is 2.43. The Morgan fingerprint density at radius 3 is 2.24 bits per heavy atom. The molecular formula is C25H31ClN4O4. The van der Waals surface area contributed by atoms with Crippen LogP contribution in [0.25, 0.3) is 0 Å². The van der Waals surface area contributed by atoms with Gasteiger partial charge in [0, 0.05) is 30.3 Å². The first-order chi connectivity index (χ1) is 16.3. The largest absolute Gasteiger partial charge is 0.448 e. The van der Waals surface area contributed by atoms with Crippen molar-refractivity contribution in [3.63, 3.8) is 0 Å². The van der Waals surface area contributed by atoms with Crippen molar-refractivity contribution < 1.29 is 19.1 Å². The number of likely N-dealkylation sites (tertiary alicyclic amines) is 1. The number of nitrogens with one attached hydrogen (secondary N) is 2. The number of hydrogen-bond acceptors (Lipinski definition) is 5. The van der Waals surface area contributed by atoms with Gasteiger partial charge in [-0.1, -0.05) is 42.8 Å². The van der Waals surface area contributed by atoms with Gasteiger partial charge in [0.1, 0.15) is 6.61 Å². The van der Waals surface area contributed by atoms with Crippen LogP contribution >= 0.6 is 11.6 Å². The number of hydrogen-bond donors (Lipinski definition) is 3. The molecule has 3 rings (SSSR count). The number of aryl methyl sites for hydroxylation is 1. The molecule has 0 aliphatic carbocycles. The van der Waals surface area contributed by atoms with Crippen LogP contribution in [-0.2, 0) is 27.3 Å². The number of ether oxygens (including phenoxy) is 1. The molecule has 1 aliphatic rings. The average Bonchev–Trinajstić information content (AvgIpc) is 2.87. The normalized spacial score (nSPS) is 14.9. The third-order valence-corrected chi connectivity index (χ3v) is 6.44. The molecule has 1 fully saturated rings. The van der Waals surface area contributed by atoms with Crippen molar-refractivity contribution in [2.75, 3.05) is 31.6 Å². The molecule has 0 radical (unpaired) electrons. The first-order valence-electron chi connectivity index (χ1n) is 11.4. The van der Waals surface area contributed by atoms with Crippen LogP contribution in [-0.4, -0.2) is 49.0 Å². The molecule has 1 saturated heterocycles. The van der Waals surface area contributed by atoms with E-state index in [1.54, 1.807) is 17.0 Å². The van der Waals surface area contributed by atoms with Crippen molar-refractivity contribution in [1.29, 1.82) is 0 Å². The van der Waals surface area contributed by atoms with Crippen LogP contribution in [0.3, 0.4) is 0 Å². The number of halogens is 1. The molecule has 0 bridgehead atoms. The molecule has 1 aliphatic heterocycles. The van der Waals surface area contributed by atoms with E-state index in [1.807, 2.05) is 36.4 Å². The van der Waals surface area contributed by atoms with Gasteiger partial charge in [0.05, 0.1) is 12.0 Å². The number of anilines is 1. The summed E-state index contributed by atoms with van der Waals surface area (Å²) in [6.45, 7) is 2.94. The summed E-state index contributed by atoms with van der Waals surface area (Å²) in [5.41, 5.74) is 7.22. The Kier molecular flexibility index (Phi) is 8.90. The van der Waals surface area contributed by atoms with Crippen molar-refractivity contribution in [2.45, 2.75) is 32.7 Å². The van der Waals surface area contributed by atoms with E-state index in [0.29, 0.717) is 43.2 Å². The Morgan fingerprint density at radius 1 is 1.03 bits per heavy atom. The predicted molar refractivity (Wildman–Crippen MR) is 131 cm³/mol. The maximum Gasteiger partial charge on any atom is 0.411 e. The minimum atomic E-state index is -0.943. The van der Waals surface area contributed by atoms with Crippen molar-refractivity contribution in [2.24, 2.45) is 11.1 Å². The molecule has 3 amide bonds. The van der Waals surface area contributed by atoms with E-state index in [4.69, 9.17) is 22.1 Å². The van der Waals surface area contributed by atoms with Crippen LogP contribution in [0.2, 0.25) is 5.02 Å². The molecule has 9 heteroatoms. The summed E-state index contributed by atoms with van der Waals surface area (Å²) in [5.74, 6) is -0.383. The smallest absolute Gasteiger partial charge is 0.411 e. The Labute approximate surface area is 204 Å². The highest BCUT2D eigenvalue weighted by atomic mass is 35.5. The lowest BCUT2D eigenvalue weighted by atomic mass is 9.78. The molecule has 4 N–H and O–H groups in total. The van der Waals surface area contributed by atoms with Crippen molar-refractivity contribution in [1.82, 2.24) is 10.2 Å². The Bertz CT molecular complexity index is 987. The van der Waals surface area contributed by atoms with Gasteiger partial charge < -0.3 is 20.7 Å². The average molecular weight is 487 g/mol. The van der Waals surface area contributed by atoms with Crippen LogP contribution in [0, 0.1) is 5.41 Å². The van der Waals surface area contributed by atoms with E-state index in [9.17, 15) is 14.4 Å². The lowest BCUT2D eigenvalue weighted by molar-refractivity contribution is -0.142. The lowest BCUT2D eigenvalue weighted by Crippen LogP contribution is -2.53. The highest BCUT2D eigenvalue weighted by Crippen LogP contribution is 2.33. The van der Waals surface area contributed by atoms with Crippen LogP contribution in [0.15, 0.2) is 48.5 Å². The molecule has 2 aromatic carbocycles. The van der Waals surface area contributed by atoms with E-state index < -0.39 is 11.5 Å². The summed E-state index contributed by atoms with van der Waals surface area (Å²) in [6.07, 6.45) is 1.00. The predicted octanol–water partition coefficient (Wildman–Crippen LogP) is 3.33. The number of nitrogens with zero attached hydrogens (tertiary/aromatic N) is 1. The van der Waals surface area contributed by atoms with E-state index in [1.165, 1.54) is 0 Å². The summed E-state index contributed by atoms with van der Waals surface area (Å²) < 4.78 is 5.50. The lowest BCUT2D eigenvalue weighted by Gasteiger charge is -2.40. The Balaban J connectivity index is 1.64. The zero-order valence-electron chi connectivity index (χ0n) is 19.3. The number of piperidine rings is 1. The van der Waals surface area contributed by atoms with E-state index >= 15 is 0 Å². The second-order valence-corrected chi connectivity index (χ2v) is 8.86. The summed E-state index contributed by atoms with van der Waals surface area (Å²) in [7, 11) is 0. The van der Waals surface area contributed by atoms with Crippen molar-refractivity contribution in [3.05, 3.63) is 64.7 Å². The maximum absolute atomic E-state index is 13.3. The molecule has 0 unspecified atom stereocenters. The van der Waals surface area contributed by atoms with Crippen LogP contribution < -0.4 is 16.4 Å². The molecule has 0 spiro atoms. The number of rotatable bonds is 8. The molecule has 1 heterocycles. The van der Waals surface area contributed by atoms with E-state index in [-0.39, 0.29) is 25.0 Å². The maximum atomic E-state index is 13.3. The van der Waals surface area contributed by atoms with Gasteiger partial charge in [0.25, 0.3) is 0 Å². The summed E-state index contributed by atoms with van der Waals surface area (Å²) in [6, 6.07) is 14.7. The molecule has 182 valence electrons. The standard InChI is InChI=1S/C25H31ClN4O4/c1-2-18-5-9-21(10-6-18)29-24(33)34-17-25(11-13-30(14-12-25)22(31)15-27)23(32)28-16-19-3-7-20(26)8-4-19/h3-10H,2,11-17,27H2,1H3,(H,28,32)(H,29,33). The van der Waals surface area contributed by atoms with Crippen LogP contribution in [0.1, 0.15) is 30.9 Å². The summed E-state index contributed by atoms with van der Waals surface area (Å²) in [4.78, 5) is 39.4. The molecule has 2 aromatic rings. The van der Waals surface area contributed by atoms with Gasteiger partial charge in [-0.05, 0) is 54.7 Å². The molecule has 0 atom stereocenters. The fourth-order valence-electron chi connectivity index (χ4n) is 3.90. The number of amides is 3. The Morgan fingerprint density at radius 2 is 1.65 bits per heavy atom. The zero-order chi connectivity index (χ0) is 24.6. The monoisotopic (exact) mass is 486 g/mol. The molecule has 34 heavy (non-hydrogen) atoms. The van der Waals surface area contributed by atoms with Gasteiger partial charge in [-0.15, -0.1) is 0 Å². The zero-order valence-corrected chi connectivity index (χ0v) is 20.1. The minimum Gasteiger partial charge on any atom is -0.448 e. The number of carbonyl (C=O) groups excluding carboxylic acids is 3. The van der Waals surface area contributed by atoms with Gasteiger partial charge >= 0.3 is 6.09 Å². The summed E-state index contributed by atoms with van der Waals surface area (Å²) in [5, 5.41) is 6.27. The fraction of sp³-hybridized carbons (Fsp3) is 0.400. The fourth-order valence-corrected chi connectivity index (χ4v) is 4.03. The first kappa shape index (κ1) is 25.5. The van der Waals surface area contributed by atoms with Crippen molar-refractivity contribution in [3.8, 4) is 0 Å². The second-order valence-electron chi connectivity index (χ2n) is 8.43. The van der Waals surface area contributed by atoms with Gasteiger partial charge in [0.15, 0.2) is 0 Å². The number of nitrogens with two attached hydrogens (primary N) is 1. The topological polar surface area (TPSA) is 114 Å². The third kappa shape index (κ3) is 6.71. The van der Waals surface area contributed by atoms with Crippen LogP contribution in [0.5, 0.6) is 0 Å². The number of carbonyl (C=O) groups is 3. The minimum absolute atomic E-state index is 0.0779. The Hall–Kier alpha value is -3.10. The molecule has 8 nitrogen and oxygen atoms in total. The summed E-state index contributed by atoms with van der Waals surface area (Å²) >= 11 is 5.93. The molecule has 0 saturated carbocycles. The second kappa shape index (κ2) is 11.9. The number of benzene rings is 2. The van der Waals surface area contributed by atoms with Gasteiger partial charge in [0.2, 0.25) is 11.8 Å². The van der Waals surface area contributed by atoms with Gasteiger partial charge in [-0.2, -0.15) is 0 Å². The molecule has 0 aromatic heterocycles. The van der Waals surface area contributed by atoms with E-state index in [2.05, 4.69) is 17.6 Å². The van der Waals surface area contributed by atoms with Gasteiger partial charge in [-0.3, -0.25) is 14.9 Å². The quantitative estimate of drug-likeness (QED) is 0.529. The van der Waals surface area contributed by atoms with Gasteiger partial charge in [-0.25, -0.2) is 4.79 Å². The first-order valence-corrected chi connectivity index (χ1v) is 11.8. The van der Waals surface area contributed by atoms with E-state index in [0.717, 1.165) is 17.5 Å². The van der Waals surface area contributed by atoms with Crippen LogP contribution in [0.4, 0.5) is 10.5 Å². The SMILES string of the molecule is CCc1ccc(NC(=O)OCC2(C(=O)NCc3ccc(Cl)cc3)CCN(C(=O)CN)CC2)cc1.